The number of oxazole rings is 1. The topological polar surface area (TPSA) is 84.2 Å². The lowest BCUT2D eigenvalue weighted by Crippen LogP contribution is -2.36. The molecule has 0 aliphatic heterocycles. The number of amides is 2. The summed E-state index contributed by atoms with van der Waals surface area (Å²) in [7, 11) is 0. The first-order valence-electron chi connectivity index (χ1n) is 10.0. The molecule has 2 N–H and O–H groups in total. The molecular formula is C23H22ClN3O3. The molecule has 7 heteroatoms. The van der Waals surface area contributed by atoms with Gasteiger partial charge < -0.3 is 15.1 Å². The van der Waals surface area contributed by atoms with Crippen molar-refractivity contribution in [3.05, 3.63) is 65.0 Å². The molecule has 6 nitrogen and oxygen atoms in total. The number of para-hydroxylation sites is 2. The van der Waals surface area contributed by atoms with Gasteiger partial charge in [-0.1, -0.05) is 43.0 Å². The van der Waals surface area contributed by atoms with Crippen molar-refractivity contribution in [1.82, 2.24) is 10.3 Å². The Morgan fingerprint density at radius 3 is 2.70 bits per heavy atom. The van der Waals surface area contributed by atoms with Crippen LogP contribution in [0.1, 0.15) is 48.4 Å². The maximum Gasteiger partial charge on any atom is 0.253 e. The van der Waals surface area contributed by atoms with Crippen LogP contribution in [0.2, 0.25) is 5.02 Å². The third-order valence-corrected chi connectivity index (χ3v) is 5.44. The second kappa shape index (κ2) is 9.13. The smallest absolute Gasteiger partial charge is 0.253 e. The minimum atomic E-state index is -0.363. The van der Waals surface area contributed by atoms with Crippen LogP contribution in [0, 0.1) is 0 Å². The molecule has 2 aromatic carbocycles. The fourth-order valence-corrected chi connectivity index (χ4v) is 3.78. The molecule has 1 aliphatic rings. The highest BCUT2D eigenvalue weighted by atomic mass is 35.5. The van der Waals surface area contributed by atoms with E-state index < -0.39 is 0 Å². The summed E-state index contributed by atoms with van der Waals surface area (Å²) in [6.07, 6.45) is 8.28. The maximum atomic E-state index is 12.6. The highest BCUT2D eigenvalue weighted by Crippen LogP contribution is 2.23. The molecular weight excluding hydrogens is 402 g/mol. The predicted octanol–water partition coefficient (Wildman–Crippen LogP) is 5.20. The number of nitrogens with one attached hydrogen (secondary N) is 2. The van der Waals surface area contributed by atoms with E-state index in [2.05, 4.69) is 15.6 Å². The number of hydrogen-bond donors (Lipinski definition) is 2. The van der Waals surface area contributed by atoms with Crippen LogP contribution < -0.4 is 10.6 Å². The van der Waals surface area contributed by atoms with Gasteiger partial charge in [0.2, 0.25) is 11.8 Å². The number of halogens is 1. The second-order valence-corrected chi connectivity index (χ2v) is 7.75. The minimum absolute atomic E-state index is 0.180. The van der Waals surface area contributed by atoms with Crippen LogP contribution >= 0.6 is 11.6 Å². The monoisotopic (exact) mass is 423 g/mol. The average Bonchev–Trinajstić information content (AvgIpc) is 3.17. The van der Waals surface area contributed by atoms with Crippen LogP contribution in [-0.2, 0) is 4.79 Å². The van der Waals surface area contributed by atoms with Gasteiger partial charge in [-0.3, -0.25) is 9.59 Å². The van der Waals surface area contributed by atoms with Gasteiger partial charge in [0.15, 0.2) is 5.58 Å². The minimum Gasteiger partial charge on any atom is -0.437 e. The molecule has 1 saturated carbocycles. The quantitative estimate of drug-likeness (QED) is 0.552. The Morgan fingerprint density at radius 1 is 1.10 bits per heavy atom. The van der Waals surface area contributed by atoms with Crippen LogP contribution in [0.15, 0.2) is 53.0 Å². The number of benzene rings is 2. The zero-order valence-electron chi connectivity index (χ0n) is 16.4. The molecule has 154 valence electrons. The van der Waals surface area contributed by atoms with E-state index in [4.69, 9.17) is 16.0 Å². The molecule has 0 bridgehead atoms. The maximum absolute atomic E-state index is 12.6. The standard InChI is InChI=1S/C23H22ClN3O3/c24-18-11-10-16(14-17(18)23(29)26-15-6-2-1-3-7-15)25-21(28)12-13-22-27-19-8-4-5-9-20(19)30-22/h4-5,8-15H,1-3,6-7H2,(H,25,28)(H,26,29)/b13-12+. The van der Waals surface area contributed by atoms with Crippen molar-refractivity contribution >= 4 is 46.3 Å². The Labute approximate surface area is 179 Å². The van der Waals surface area contributed by atoms with Crippen LogP contribution in [-0.4, -0.2) is 22.8 Å². The molecule has 30 heavy (non-hydrogen) atoms. The first kappa shape index (κ1) is 20.2. The molecule has 3 aromatic rings. The van der Waals surface area contributed by atoms with Gasteiger partial charge in [-0.05, 0) is 43.2 Å². The summed E-state index contributed by atoms with van der Waals surface area (Å²) in [6.45, 7) is 0. The van der Waals surface area contributed by atoms with Crippen LogP contribution in [0.4, 0.5) is 5.69 Å². The third kappa shape index (κ3) is 4.89. The molecule has 0 saturated heterocycles. The summed E-state index contributed by atoms with van der Waals surface area (Å²) in [4.78, 5) is 29.2. The Balaban J connectivity index is 1.41. The molecule has 0 atom stereocenters. The third-order valence-electron chi connectivity index (χ3n) is 5.11. The molecule has 1 aromatic heterocycles. The number of anilines is 1. The lowest BCUT2D eigenvalue weighted by atomic mass is 9.95. The number of fused-ring (bicyclic) bond motifs is 1. The largest absolute Gasteiger partial charge is 0.437 e. The summed E-state index contributed by atoms with van der Waals surface area (Å²) < 4.78 is 5.56. The Morgan fingerprint density at radius 2 is 1.90 bits per heavy atom. The zero-order chi connectivity index (χ0) is 20.9. The number of rotatable bonds is 5. The number of aromatic nitrogens is 1. The second-order valence-electron chi connectivity index (χ2n) is 7.35. The van der Waals surface area contributed by atoms with Crippen LogP contribution in [0.25, 0.3) is 17.2 Å². The molecule has 0 spiro atoms. The van der Waals surface area contributed by atoms with Crippen molar-refractivity contribution in [2.24, 2.45) is 0 Å². The number of hydrogen-bond acceptors (Lipinski definition) is 4. The van der Waals surface area contributed by atoms with E-state index in [1.165, 1.54) is 18.6 Å². The number of carbonyl (C=O) groups is 2. The van der Waals surface area contributed by atoms with E-state index >= 15 is 0 Å². The fraction of sp³-hybridized carbons (Fsp3) is 0.261. The number of nitrogens with zero attached hydrogens (tertiary/aromatic N) is 1. The van der Waals surface area contributed by atoms with Crippen molar-refractivity contribution in [3.8, 4) is 0 Å². The van der Waals surface area contributed by atoms with Crippen LogP contribution in [0.5, 0.6) is 0 Å². The summed E-state index contributed by atoms with van der Waals surface area (Å²) >= 11 is 6.22. The van der Waals surface area contributed by atoms with Gasteiger partial charge in [0.25, 0.3) is 5.91 Å². The average molecular weight is 424 g/mol. The van der Waals surface area contributed by atoms with Gasteiger partial charge in [0.1, 0.15) is 5.52 Å². The lowest BCUT2D eigenvalue weighted by molar-refractivity contribution is -0.111. The summed E-state index contributed by atoms with van der Waals surface area (Å²) in [6, 6.07) is 12.4. The molecule has 1 aliphatic carbocycles. The summed E-state index contributed by atoms with van der Waals surface area (Å²) in [5, 5.41) is 6.13. The van der Waals surface area contributed by atoms with Gasteiger partial charge >= 0.3 is 0 Å². The zero-order valence-corrected chi connectivity index (χ0v) is 17.1. The summed E-state index contributed by atoms with van der Waals surface area (Å²) in [5.74, 6) is -0.238. The van der Waals surface area contributed by atoms with E-state index in [0.717, 1.165) is 31.2 Å². The Hall–Kier alpha value is -3.12. The van der Waals surface area contributed by atoms with E-state index in [-0.39, 0.29) is 17.9 Å². The first-order valence-corrected chi connectivity index (χ1v) is 10.4. The van der Waals surface area contributed by atoms with E-state index in [0.29, 0.717) is 27.7 Å². The molecule has 2 amide bonds. The fourth-order valence-electron chi connectivity index (χ4n) is 3.58. The van der Waals surface area contributed by atoms with Gasteiger partial charge in [-0.15, -0.1) is 0 Å². The van der Waals surface area contributed by atoms with Crippen molar-refractivity contribution in [2.75, 3.05) is 5.32 Å². The van der Waals surface area contributed by atoms with Gasteiger partial charge in [0.05, 0.1) is 10.6 Å². The molecule has 0 unspecified atom stereocenters. The Kier molecular flexibility index (Phi) is 6.14. The van der Waals surface area contributed by atoms with E-state index in [9.17, 15) is 9.59 Å². The SMILES string of the molecule is O=C(/C=C/c1nc2ccccc2o1)Nc1ccc(Cl)c(C(=O)NC2CCCCC2)c1. The van der Waals surface area contributed by atoms with Crippen LogP contribution in [0.3, 0.4) is 0 Å². The van der Waals surface area contributed by atoms with Crippen molar-refractivity contribution in [3.63, 3.8) is 0 Å². The first-order chi connectivity index (χ1) is 14.6. The van der Waals surface area contributed by atoms with Gasteiger partial charge in [-0.25, -0.2) is 4.98 Å². The summed E-state index contributed by atoms with van der Waals surface area (Å²) in [5.41, 5.74) is 2.22. The van der Waals surface area contributed by atoms with Gasteiger partial charge in [0, 0.05) is 23.9 Å². The van der Waals surface area contributed by atoms with E-state index in [1.807, 2.05) is 24.3 Å². The lowest BCUT2D eigenvalue weighted by Gasteiger charge is -2.23. The molecule has 1 fully saturated rings. The Bertz CT molecular complexity index is 1070. The highest BCUT2D eigenvalue weighted by Gasteiger charge is 2.18. The van der Waals surface area contributed by atoms with Crippen molar-refractivity contribution in [2.45, 2.75) is 38.1 Å². The molecule has 0 radical (unpaired) electrons. The molecule has 1 heterocycles. The van der Waals surface area contributed by atoms with Crippen molar-refractivity contribution in [1.29, 1.82) is 0 Å². The predicted molar refractivity (Wildman–Crippen MR) is 117 cm³/mol. The van der Waals surface area contributed by atoms with Crippen molar-refractivity contribution < 1.29 is 14.0 Å². The van der Waals surface area contributed by atoms with Gasteiger partial charge in [-0.2, -0.15) is 0 Å². The molecule has 4 rings (SSSR count). The highest BCUT2D eigenvalue weighted by molar-refractivity contribution is 6.34. The van der Waals surface area contributed by atoms with E-state index in [1.54, 1.807) is 18.2 Å². The normalized spacial score (nSPS) is 14.8. The number of carbonyl (C=O) groups excluding carboxylic acids is 2.